The molecule has 2 N–H and O–H groups in total. The molecule has 0 radical (unpaired) electrons. The van der Waals surface area contributed by atoms with Crippen LogP contribution in [0.3, 0.4) is 0 Å². The molecule has 0 spiro atoms. The highest BCUT2D eigenvalue weighted by Gasteiger charge is 2.26. The van der Waals surface area contributed by atoms with Gasteiger partial charge in [-0.15, -0.1) is 11.3 Å². The highest BCUT2D eigenvalue weighted by Crippen LogP contribution is 2.24. The van der Waals surface area contributed by atoms with E-state index in [0.717, 1.165) is 25.0 Å². The van der Waals surface area contributed by atoms with Crippen LogP contribution in [0.4, 0.5) is 5.13 Å². The Morgan fingerprint density at radius 1 is 1.58 bits per heavy atom. The molecule has 0 saturated heterocycles. The zero-order valence-corrected chi connectivity index (χ0v) is 12.2. The number of carbonyl (C=O) groups excluding carboxylic acids is 1. The first kappa shape index (κ1) is 14.4. The second-order valence-corrected chi connectivity index (χ2v) is 6.02. The molecular formula is C13H21N3O2S. The van der Waals surface area contributed by atoms with Gasteiger partial charge in [0.05, 0.1) is 11.8 Å². The van der Waals surface area contributed by atoms with E-state index < -0.39 is 0 Å². The van der Waals surface area contributed by atoms with Crippen LogP contribution >= 0.6 is 11.3 Å². The smallest absolute Gasteiger partial charge is 0.223 e. The van der Waals surface area contributed by atoms with Crippen LogP contribution in [-0.4, -0.2) is 40.1 Å². The van der Waals surface area contributed by atoms with E-state index in [1.54, 1.807) is 0 Å². The number of rotatable bonds is 4. The SMILES string of the molecule is CC(=O)Nc1nc(CN(C)C2CCCCC2O)cs1. The molecule has 2 unspecified atom stereocenters. The summed E-state index contributed by atoms with van der Waals surface area (Å²) < 4.78 is 0. The van der Waals surface area contributed by atoms with Crippen molar-refractivity contribution in [3.63, 3.8) is 0 Å². The molecule has 1 aliphatic rings. The maximum Gasteiger partial charge on any atom is 0.223 e. The molecule has 0 aromatic carbocycles. The number of likely N-dealkylation sites (N-methyl/N-ethyl adjacent to an activating group) is 1. The van der Waals surface area contributed by atoms with E-state index in [1.165, 1.54) is 24.7 Å². The Morgan fingerprint density at radius 2 is 2.32 bits per heavy atom. The third-order valence-corrected chi connectivity index (χ3v) is 4.31. The molecule has 1 aliphatic carbocycles. The van der Waals surface area contributed by atoms with Crippen LogP contribution in [0.25, 0.3) is 0 Å². The Bertz CT molecular complexity index is 435. The number of aliphatic hydroxyl groups is 1. The fourth-order valence-corrected chi connectivity index (χ4v) is 3.31. The van der Waals surface area contributed by atoms with E-state index in [-0.39, 0.29) is 18.1 Å². The molecule has 2 atom stereocenters. The summed E-state index contributed by atoms with van der Waals surface area (Å²) in [4.78, 5) is 17.5. The summed E-state index contributed by atoms with van der Waals surface area (Å²) in [6.45, 7) is 2.18. The number of carbonyl (C=O) groups is 1. The van der Waals surface area contributed by atoms with Gasteiger partial charge in [0.25, 0.3) is 0 Å². The fraction of sp³-hybridized carbons (Fsp3) is 0.692. The number of amides is 1. The van der Waals surface area contributed by atoms with Crippen molar-refractivity contribution in [3.05, 3.63) is 11.1 Å². The van der Waals surface area contributed by atoms with Crippen molar-refractivity contribution in [2.75, 3.05) is 12.4 Å². The van der Waals surface area contributed by atoms with Gasteiger partial charge in [0.15, 0.2) is 5.13 Å². The number of hydrogen-bond donors (Lipinski definition) is 2. The van der Waals surface area contributed by atoms with Crippen LogP contribution in [0.5, 0.6) is 0 Å². The van der Waals surface area contributed by atoms with Gasteiger partial charge in [-0.25, -0.2) is 4.98 Å². The molecule has 2 rings (SSSR count). The topological polar surface area (TPSA) is 65.5 Å². The Morgan fingerprint density at radius 3 is 3.00 bits per heavy atom. The summed E-state index contributed by atoms with van der Waals surface area (Å²) >= 11 is 1.44. The lowest BCUT2D eigenvalue weighted by molar-refractivity contribution is -0.114. The second-order valence-electron chi connectivity index (χ2n) is 5.16. The molecule has 19 heavy (non-hydrogen) atoms. The first-order chi connectivity index (χ1) is 9.06. The molecular weight excluding hydrogens is 262 g/mol. The lowest BCUT2D eigenvalue weighted by Gasteiger charge is -2.34. The Balaban J connectivity index is 1.92. The number of anilines is 1. The van der Waals surface area contributed by atoms with Gasteiger partial charge in [0.2, 0.25) is 5.91 Å². The van der Waals surface area contributed by atoms with Gasteiger partial charge in [-0.3, -0.25) is 9.69 Å². The largest absolute Gasteiger partial charge is 0.391 e. The van der Waals surface area contributed by atoms with E-state index in [1.807, 2.05) is 12.4 Å². The number of hydrogen-bond acceptors (Lipinski definition) is 5. The predicted octanol–water partition coefficient (Wildman–Crippen LogP) is 1.84. The molecule has 6 heteroatoms. The summed E-state index contributed by atoms with van der Waals surface area (Å²) in [5.41, 5.74) is 0.939. The second kappa shape index (κ2) is 6.45. The van der Waals surface area contributed by atoms with Crippen molar-refractivity contribution in [2.45, 2.75) is 51.3 Å². The van der Waals surface area contributed by atoms with Gasteiger partial charge in [-0.05, 0) is 19.9 Å². The molecule has 5 nitrogen and oxygen atoms in total. The molecule has 0 bridgehead atoms. The van der Waals surface area contributed by atoms with Crippen LogP contribution in [0.2, 0.25) is 0 Å². The predicted molar refractivity (Wildman–Crippen MR) is 76.1 cm³/mol. The monoisotopic (exact) mass is 283 g/mol. The minimum absolute atomic E-state index is 0.100. The average Bonchev–Trinajstić information content (AvgIpc) is 2.76. The number of aliphatic hydroxyl groups excluding tert-OH is 1. The highest BCUT2D eigenvalue weighted by atomic mass is 32.1. The standard InChI is InChI=1S/C13H21N3O2S/c1-9(17)14-13-15-10(8-19-13)7-16(2)11-5-3-4-6-12(11)18/h8,11-12,18H,3-7H2,1-2H3,(H,14,15,17). The number of aromatic nitrogens is 1. The molecule has 1 amide bonds. The zero-order chi connectivity index (χ0) is 13.8. The maximum absolute atomic E-state index is 10.9. The van der Waals surface area contributed by atoms with Gasteiger partial charge in [-0.1, -0.05) is 12.8 Å². The summed E-state index contributed by atoms with van der Waals surface area (Å²) in [6, 6.07) is 0.222. The summed E-state index contributed by atoms with van der Waals surface area (Å²) in [6.07, 6.45) is 4.01. The van der Waals surface area contributed by atoms with E-state index in [4.69, 9.17) is 0 Å². The van der Waals surface area contributed by atoms with Crippen molar-refractivity contribution in [2.24, 2.45) is 0 Å². The molecule has 1 aromatic rings. The minimum atomic E-state index is -0.229. The Labute approximate surface area is 117 Å². The molecule has 106 valence electrons. The van der Waals surface area contributed by atoms with Crippen molar-refractivity contribution < 1.29 is 9.90 Å². The van der Waals surface area contributed by atoms with Crippen LogP contribution < -0.4 is 5.32 Å². The quantitative estimate of drug-likeness (QED) is 0.885. The van der Waals surface area contributed by atoms with E-state index >= 15 is 0 Å². The number of nitrogens with one attached hydrogen (secondary N) is 1. The number of nitrogens with zero attached hydrogens (tertiary/aromatic N) is 2. The van der Waals surface area contributed by atoms with Gasteiger partial charge in [0.1, 0.15) is 0 Å². The summed E-state index contributed by atoms with van der Waals surface area (Å²) in [7, 11) is 2.02. The number of thiazole rings is 1. The zero-order valence-electron chi connectivity index (χ0n) is 11.4. The van der Waals surface area contributed by atoms with Crippen molar-refractivity contribution in [1.82, 2.24) is 9.88 Å². The van der Waals surface area contributed by atoms with E-state index in [0.29, 0.717) is 11.7 Å². The highest BCUT2D eigenvalue weighted by molar-refractivity contribution is 7.13. The molecule has 1 aromatic heterocycles. The molecule has 1 heterocycles. The normalized spacial score (nSPS) is 23.6. The first-order valence-electron chi connectivity index (χ1n) is 6.66. The summed E-state index contributed by atoms with van der Waals surface area (Å²) in [5.74, 6) is -0.100. The van der Waals surface area contributed by atoms with Crippen molar-refractivity contribution in [1.29, 1.82) is 0 Å². The third kappa shape index (κ3) is 3.99. The van der Waals surface area contributed by atoms with Gasteiger partial charge >= 0.3 is 0 Å². The first-order valence-corrected chi connectivity index (χ1v) is 7.54. The maximum atomic E-state index is 10.9. The van der Waals surface area contributed by atoms with E-state index in [9.17, 15) is 9.90 Å². The molecule has 1 saturated carbocycles. The van der Waals surface area contributed by atoms with Crippen LogP contribution in [-0.2, 0) is 11.3 Å². The minimum Gasteiger partial charge on any atom is -0.391 e. The lowest BCUT2D eigenvalue weighted by Crippen LogP contribution is -2.42. The Kier molecular flexibility index (Phi) is 4.90. The fourth-order valence-electron chi connectivity index (χ4n) is 2.57. The van der Waals surface area contributed by atoms with Gasteiger partial charge in [-0.2, -0.15) is 0 Å². The van der Waals surface area contributed by atoms with Crippen LogP contribution in [0.1, 0.15) is 38.3 Å². The lowest BCUT2D eigenvalue weighted by atomic mass is 9.91. The van der Waals surface area contributed by atoms with Crippen LogP contribution in [0.15, 0.2) is 5.38 Å². The Hall–Kier alpha value is -0.980. The van der Waals surface area contributed by atoms with Gasteiger partial charge in [0, 0.05) is 24.9 Å². The average molecular weight is 283 g/mol. The third-order valence-electron chi connectivity index (χ3n) is 3.51. The van der Waals surface area contributed by atoms with Crippen LogP contribution in [0, 0.1) is 0 Å². The van der Waals surface area contributed by atoms with Gasteiger partial charge < -0.3 is 10.4 Å². The molecule has 1 fully saturated rings. The van der Waals surface area contributed by atoms with Crippen molar-refractivity contribution >= 4 is 22.4 Å². The molecule has 0 aliphatic heterocycles. The van der Waals surface area contributed by atoms with E-state index in [2.05, 4.69) is 15.2 Å². The summed E-state index contributed by atoms with van der Waals surface area (Å²) in [5, 5.41) is 15.3. The van der Waals surface area contributed by atoms with Crippen molar-refractivity contribution in [3.8, 4) is 0 Å².